The highest BCUT2D eigenvalue weighted by atomic mass is 16.6. The summed E-state index contributed by atoms with van der Waals surface area (Å²) in [6, 6.07) is 12.2. The molecule has 0 aliphatic heterocycles. The SMILES string of the molecule is C=Cc1ccc(C(=O)Nc2cccc(COC(C(=O)OC(C)(C)C)[C@H](NC(=O)OC(C)(C)C)C(=O)OC(C)(C)C)c2)cc1. The smallest absolute Gasteiger partial charge is 0.408 e. The Morgan fingerprint density at radius 3 is 1.88 bits per heavy atom. The number of carbonyl (C=O) groups is 4. The Balaban J connectivity index is 2.34. The number of alkyl carbamates (subject to hydrolysis) is 1. The van der Waals surface area contributed by atoms with Gasteiger partial charge in [0.25, 0.3) is 5.91 Å². The summed E-state index contributed by atoms with van der Waals surface area (Å²) in [6.07, 6.45) is -0.846. The molecule has 2 atom stereocenters. The van der Waals surface area contributed by atoms with E-state index in [0.29, 0.717) is 16.8 Å². The van der Waals surface area contributed by atoms with E-state index >= 15 is 0 Å². The van der Waals surface area contributed by atoms with E-state index in [1.165, 1.54) is 0 Å². The van der Waals surface area contributed by atoms with Crippen molar-refractivity contribution in [1.29, 1.82) is 0 Å². The minimum atomic E-state index is -1.59. The van der Waals surface area contributed by atoms with Gasteiger partial charge in [-0.2, -0.15) is 0 Å². The molecular formula is C33H44N2O8. The van der Waals surface area contributed by atoms with Gasteiger partial charge in [-0.1, -0.05) is 36.9 Å². The fourth-order valence-corrected chi connectivity index (χ4v) is 3.62. The number of ether oxygens (including phenoxy) is 4. The van der Waals surface area contributed by atoms with Crippen molar-refractivity contribution in [2.45, 2.75) is 97.9 Å². The first kappa shape index (κ1) is 35.0. The fourth-order valence-electron chi connectivity index (χ4n) is 3.62. The second kappa shape index (κ2) is 14.3. The summed E-state index contributed by atoms with van der Waals surface area (Å²) in [4.78, 5) is 52.2. The lowest BCUT2D eigenvalue weighted by atomic mass is 10.1. The van der Waals surface area contributed by atoms with Crippen LogP contribution in [0.25, 0.3) is 6.08 Å². The van der Waals surface area contributed by atoms with Crippen molar-refractivity contribution in [1.82, 2.24) is 5.32 Å². The zero-order valence-corrected chi connectivity index (χ0v) is 26.5. The molecule has 234 valence electrons. The van der Waals surface area contributed by atoms with E-state index in [2.05, 4.69) is 17.2 Å². The molecule has 10 heteroatoms. The molecule has 0 saturated heterocycles. The van der Waals surface area contributed by atoms with E-state index in [4.69, 9.17) is 18.9 Å². The molecule has 0 saturated carbocycles. The molecule has 0 heterocycles. The maximum absolute atomic E-state index is 13.4. The van der Waals surface area contributed by atoms with Gasteiger partial charge in [-0.05, 0) is 97.7 Å². The molecule has 2 amide bonds. The lowest BCUT2D eigenvalue weighted by Gasteiger charge is -2.31. The van der Waals surface area contributed by atoms with Crippen molar-refractivity contribution >= 4 is 35.7 Å². The number of esters is 2. The minimum Gasteiger partial charge on any atom is -0.458 e. The molecule has 0 aliphatic rings. The Morgan fingerprint density at radius 2 is 1.35 bits per heavy atom. The average molecular weight is 597 g/mol. The first-order valence-electron chi connectivity index (χ1n) is 14.0. The highest BCUT2D eigenvalue weighted by Gasteiger charge is 2.42. The van der Waals surface area contributed by atoms with Gasteiger partial charge in [0.15, 0.2) is 12.1 Å². The van der Waals surface area contributed by atoms with Crippen LogP contribution in [0.1, 0.15) is 83.8 Å². The first-order chi connectivity index (χ1) is 19.8. The highest BCUT2D eigenvalue weighted by Crippen LogP contribution is 2.20. The molecule has 43 heavy (non-hydrogen) atoms. The summed E-state index contributed by atoms with van der Waals surface area (Å²) in [6.45, 7) is 18.5. The van der Waals surface area contributed by atoms with Crippen LogP contribution in [0, 0.1) is 0 Å². The van der Waals surface area contributed by atoms with Gasteiger partial charge in [0.2, 0.25) is 0 Å². The third kappa shape index (κ3) is 12.7. The van der Waals surface area contributed by atoms with Crippen molar-refractivity contribution in [3.05, 3.63) is 71.8 Å². The van der Waals surface area contributed by atoms with Crippen molar-refractivity contribution in [2.75, 3.05) is 5.32 Å². The summed E-state index contributed by atoms with van der Waals surface area (Å²) in [7, 11) is 0. The number of anilines is 1. The van der Waals surface area contributed by atoms with Gasteiger partial charge < -0.3 is 29.6 Å². The number of rotatable bonds is 10. The normalized spacial score (nSPS) is 13.2. The molecule has 2 aromatic carbocycles. The van der Waals surface area contributed by atoms with E-state index in [0.717, 1.165) is 5.56 Å². The molecule has 0 fully saturated rings. The predicted octanol–water partition coefficient (Wildman–Crippen LogP) is 6.04. The zero-order valence-electron chi connectivity index (χ0n) is 26.5. The Labute approximate surface area is 254 Å². The van der Waals surface area contributed by atoms with Crippen LogP contribution in [-0.2, 0) is 35.1 Å². The van der Waals surface area contributed by atoms with Gasteiger partial charge >= 0.3 is 18.0 Å². The minimum absolute atomic E-state index is 0.170. The maximum Gasteiger partial charge on any atom is 0.408 e. The van der Waals surface area contributed by atoms with E-state index in [1.54, 1.807) is 117 Å². The highest BCUT2D eigenvalue weighted by molar-refractivity contribution is 6.04. The number of nitrogens with one attached hydrogen (secondary N) is 2. The molecule has 0 aliphatic carbocycles. The molecule has 0 radical (unpaired) electrons. The van der Waals surface area contributed by atoms with Crippen LogP contribution in [-0.4, -0.2) is 52.9 Å². The van der Waals surface area contributed by atoms with Crippen LogP contribution >= 0.6 is 0 Å². The lowest BCUT2D eigenvalue weighted by Crippen LogP contribution is -2.56. The van der Waals surface area contributed by atoms with Crippen molar-refractivity contribution in [3.8, 4) is 0 Å². The summed E-state index contributed by atoms with van der Waals surface area (Å²) in [5, 5.41) is 5.27. The molecule has 1 unspecified atom stereocenters. The Morgan fingerprint density at radius 1 is 0.791 bits per heavy atom. The van der Waals surface area contributed by atoms with Crippen LogP contribution in [0.15, 0.2) is 55.1 Å². The number of hydrogen-bond donors (Lipinski definition) is 2. The van der Waals surface area contributed by atoms with Crippen molar-refractivity contribution < 1.29 is 38.1 Å². The Bertz CT molecular complexity index is 1300. The first-order valence-corrected chi connectivity index (χ1v) is 14.0. The topological polar surface area (TPSA) is 129 Å². The molecule has 0 aromatic heterocycles. The Hall–Kier alpha value is -4.18. The van der Waals surface area contributed by atoms with Gasteiger partial charge in [0, 0.05) is 11.3 Å². The van der Waals surface area contributed by atoms with E-state index in [-0.39, 0.29) is 12.5 Å². The predicted molar refractivity (Wildman–Crippen MR) is 164 cm³/mol. The largest absolute Gasteiger partial charge is 0.458 e. The van der Waals surface area contributed by atoms with Crippen LogP contribution in [0.2, 0.25) is 0 Å². The van der Waals surface area contributed by atoms with Crippen molar-refractivity contribution in [2.24, 2.45) is 0 Å². The molecule has 0 bridgehead atoms. The molecule has 10 nitrogen and oxygen atoms in total. The number of hydrogen-bond acceptors (Lipinski definition) is 8. The van der Waals surface area contributed by atoms with Crippen molar-refractivity contribution in [3.63, 3.8) is 0 Å². The van der Waals surface area contributed by atoms with Crippen LogP contribution < -0.4 is 10.6 Å². The Kier molecular flexibility index (Phi) is 11.7. The third-order valence-electron chi connectivity index (χ3n) is 5.30. The molecule has 0 spiro atoms. The summed E-state index contributed by atoms with van der Waals surface area (Å²) >= 11 is 0. The molecule has 2 aromatic rings. The lowest BCUT2D eigenvalue weighted by molar-refractivity contribution is -0.180. The molecule has 2 N–H and O–H groups in total. The van der Waals surface area contributed by atoms with E-state index in [1.807, 2.05) is 0 Å². The molecule has 2 rings (SSSR count). The maximum atomic E-state index is 13.4. The zero-order chi connectivity index (χ0) is 32.6. The number of carbonyl (C=O) groups excluding carboxylic acids is 4. The van der Waals surface area contributed by atoms with E-state index in [9.17, 15) is 19.2 Å². The van der Waals surface area contributed by atoms with Crippen LogP contribution in [0.3, 0.4) is 0 Å². The van der Waals surface area contributed by atoms with Crippen LogP contribution in [0.4, 0.5) is 10.5 Å². The quantitative estimate of drug-likeness (QED) is 0.251. The summed E-state index contributed by atoms with van der Waals surface area (Å²) in [5.74, 6) is -2.10. The van der Waals surface area contributed by atoms with E-state index < -0.39 is 47.0 Å². The average Bonchev–Trinajstić information content (AvgIpc) is 2.85. The summed E-state index contributed by atoms with van der Waals surface area (Å²) < 4.78 is 22.4. The van der Waals surface area contributed by atoms with Gasteiger partial charge in [0.05, 0.1) is 6.61 Å². The standard InChI is InChI=1S/C33H44N2O8/c1-11-21-15-17-23(18-16-21)27(36)34-24-14-12-13-22(19-24)20-40-26(29(38)42-32(5,6)7)25(28(37)41-31(2,3)4)35-30(39)43-33(8,9)10/h11-19,25-26H,1,20H2,2-10H3,(H,34,36)(H,35,39)/t25-,26?/m0/s1. The second-order valence-electron chi connectivity index (χ2n) is 12.9. The number of amides is 2. The third-order valence-corrected chi connectivity index (χ3v) is 5.30. The van der Waals surface area contributed by atoms with Gasteiger partial charge in [-0.25, -0.2) is 14.4 Å². The van der Waals surface area contributed by atoms with Gasteiger partial charge in [-0.15, -0.1) is 0 Å². The molecular weight excluding hydrogens is 552 g/mol. The monoisotopic (exact) mass is 596 g/mol. The van der Waals surface area contributed by atoms with Gasteiger partial charge in [0.1, 0.15) is 16.8 Å². The fraction of sp³-hybridized carbons (Fsp3) is 0.455. The number of benzene rings is 2. The van der Waals surface area contributed by atoms with Gasteiger partial charge in [-0.3, -0.25) is 4.79 Å². The summed E-state index contributed by atoms with van der Waals surface area (Å²) in [5.41, 5.74) is -0.300. The second-order valence-corrected chi connectivity index (χ2v) is 12.9. The van der Waals surface area contributed by atoms with Crippen LogP contribution in [0.5, 0.6) is 0 Å².